The molecule has 1 spiro atoms. The van der Waals surface area contributed by atoms with Crippen molar-refractivity contribution in [3.8, 4) is 23.0 Å². The molecular formula is C56H66N8O9S. The molecule has 0 radical (unpaired) electrons. The van der Waals surface area contributed by atoms with Crippen LogP contribution in [0.15, 0.2) is 108 Å². The van der Waals surface area contributed by atoms with Crippen molar-refractivity contribution in [2.75, 3.05) is 76.9 Å². The Labute approximate surface area is 432 Å². The number of benzene rings is 4. The van der Waals surface area contributed by atoms with Gasteiger partial charge in [0.05, 0.1) is 35.8 Å². The number of amides is 1. The van der Waals surface area contributed by atoms with Gasteiger partial charge >= 0.3 is 0 Å². The summed E-state index contributed by atoms with van der Waals surface area (Å²) in [6.45, 7) is 11.6. The molecule has 17 nitrogen and oxygen atoms in total. The minimum absolute atomic E-state index is 0.0246. The molecule has 74 heavy (non-hydrogen) atoms. The number of nitrogens with zero attached hydrogens (tertiary/aromatic N) is 5. The average Bonchev–Trinajstić information content (AvgIpc) is 3.88. The molecule has 1 saturated carbocycles. The molecule has 3 saturated heterocycles. The number of methoxy groups -OCH3 is 2. The molecule has 1 unspecified atom stereocenters. The lowest BCUT2D eigenvalue weighted by Gasteiger charge is -2.58. The number of nitrogens with one attached hydrogen (secondary N) is 3. The van der Waals surface area contributed by atoms with Crippen molar-refractivity contribution in [1.82, 2.24) is 24.5 Å². The number of carbonyl (C=O) groups excluding carboxylic acids is 1. The lowest BCUT2D eigenvalue weighted by Crippen LogP contribution is -2.60. The highest BCUT2D eigenvalue weighted by atomic mass is 32.2. The molecule has 2 aromatic heterocycles. The third-order valence-electron chi connectivity index (χ3n) is 15.8. The fourth-order valence-corrected chi connectivity index (χ4v) is 12.6. The van der Waals surface area contributed by atoms with Crippen LogP contribution in [0, 0.1) is 21.4 Å². The zero-order valence-corrected chi connectivity index (χ0v) is 43.4. The van der Waals surface area contributed by atoms with E-state index in [2.05, 4.69) is 85.0 Å². The first-order valence-electron chi connectivity index (χ1n) is 25.7. The molecule has 1 atom stereocenters. The number of sulfonamides is 1. The maximum absolute atomic E-state index is 14.1. The second-order valence-electron chi connectivity index (χ2n) is 20.7. The van der Waals surface area contributed by atoms with Crippen molar-refractivity contribution in [3.05, 3.63) is 136 Å². The smallest absolute Gasteiger partial charge is 0.293 e. The SMILES string of the molecule is COc1ccc(CN2CCN(C3CC4(CCN(c5ccc(C(=O)NS(=O)(=O)c6ccc(NCC7CCOCC7)c([N+](=O)[O-])c6)c(Oc6cnc7[nH]ccc7c6)c5)CC4)C3)C(c3ccccc3C(C)C)C2)cc1OC. The zero-order chi connectivity index (χ0) is 51.6. The van der Waals surface area contributed by atoms with Crippen LogP contribution in [0.25, 0.3) is 11.0 Å². The number of rotatable bonds is 17. The summed E-state index contributed by atoms with van der Waals surface area (Å²) in [6.07, 6.45) is 9.24. The Morgan fingerprint density at radius 3 is 2.46 bits per heavy atom. The number of nitro groups is 1. The second kappa shape index (κ2) is 21.6. The Morgan fingerprint density at radius 1 is 0.919 bits per heavy atom. The van der Waals surface area contributed by atoms with E-state index < -0.39 is 31.4 Å². The number of H-pyrrole nitrogens is 1. The van der Waals surface area contributed by atoms with Gasteiger partial charge in [-0.05, 0) is 121 Å². The number of aromatic amines is 1. The summed E-state index contributed by atoms with van der Waals surface area (Å²) in [4.78, 5) is 40.4. The van der Waals surface area contributed by atoms with Gasteiger partial charge in [0, 0.05) is 101 Å². The van der Waals surface area contributed by atoms with E-state index in [9.17, 15) is 23.3 Å². The van der Waals surface area contributed by atoms with Gasteiger partial charge in [-0.1, -0.05) is 44.2 Å². The van der Waals surface area contributed by atoms with E-state index in [1.165, 1.54) is 28.8 Å². The molecule has 0 bridgehead atoms. The van der Waals surface area contributed by atoms with Crippen LogP contribution in [-0.4, -0.2) is 112 Å². The standard InChI is InChI=1S/C56H66N8O9S/c1-37(2)45-7-5-6-8-46(45)50-36-61(35-39-9-14-51(70-3)53(27-39)71-4)23-24-63(50)42-31-56(32-42)18-21-62(22-19-56)41-10-12-47(52(29-41)73-43-28-40-15-20-57-54(40)59-34-43)55(65)60-74(68,69)44-11-13-48(49(30-44)64(66)67)58-33-38-16-25-72-26-17-38/h5-15,20,27-30,34,37-38,42,50,58H,16-19,21-26,31-33,35-36H2,1-4H3,(H,57,59)(H,60,65). The van der Waals surface area contributed by atoms with Crippen LogP contribution < -0.4 is 29.1 Å². The number of fused-ring (bicyclic) bond motifs is 1. The van der Waals surface area contributed by atoms with Gasteiger partial charge in [-0.15, -0.1) is 0 Å². The minimum atomic E-state index is -4.57. The highest BCUT2D eigenvalue weighted by Gasteiger charge is 2.50. The summed E-state index contributed by atoms with van der Waals surface area (Å²) in [5, 5.41) is 16.1. The Bertz CT molecular complexity index is 3110. The Hall–Kier alpha value is -6.73. The molecule has 4 fully saturated rings. The van der Waals surface area contributed by atoms with Crippen LogP contribution in [0.5, 0.6) is 23.0 Å². The van der Waals surface area contributed by atoms with Crippen LogP contribution in [0.2, 0.25) is 0 Å². The third-order valence-corrected chi connectivity index (χ3v) is 17.1. The Balaban J connectivity index is 0.836. The maximum atomic E-state index is 14.1. The number of aromatic nitrogens is 2. The summed E-state index contributed by atoms with van der Waals surface area (Å²) in [6, 6.07) is 28.3. The first-order chi connectivity index (χ1) is 35.8. The van der Waals surface area contributed by atoms with Gasteiger partial charge in [-0.3, -0.25) is 24.7 Å². The largest absolute Gasteiger partial charge is 0.493 e. The van der Waals surface area contributed by atoms with Crippen molar-refractivity contribution in [3.63, 3.8) is 0 Å². The summed E-state index contributed by atoms with van der Waals surface area (Å²) in [7, 11) is -1.23. The normalized spacial score (nSPS) is 18.8. The van der Waals surface area contributed by atoms with Gasteiger partial charge in [0.15, 0.2) is 11.5 Å². The summed E-state index contributed by atoms with van der Waals surface area (Å²) in [5.74, 6) is 1.70. The molecule has 6 aromatic rings. The van der Waals surface area contributed by atoms with E-state index in [0.29, 0.717) is 43.1 Å². The summed E-state index contributed by atoms with van der Waals surface area (Å²) in [5.41, 5.74) is 5.51. The lowest BCUT2D eigenvalue weighted by atomic mass is 9.59. The number of ether oxygens (including phenoxy) is 4. The second-order valence-corrected chi connectivity index (χ2v) is 22.4. The van der Waals surface area contributed by atoms with Crippen molar-refractivity contribution >= 4 is 44.0 Å². The molecule has 18 heteroatoms. The number of piperazine rings is 1. The third kappa shape index (κ3) is 10.9. The molecule has 3 N–H and O–H groups in total. The van der Waals surface area contributed by atoms with Crippen LogP contribution >= 0.6 is 0 Å². The van der Waals surface area contributed by atoms with Crippen LogP contribution in [0.4, 0.5) is 17.1 Å². The van der Waals surface area contributed by atoms with Gasteiger partial charge in [-0.2, -0.15) is 0 Å². The lowest BCUT2D eigenvalue weighted by molar-refractivity contribution is -0.384. The number of nitro benzene ring substituents is 1. The minimum Gasteiger partial charge on any atom is -0.493 e. The molecule has 4 aromatic carbocycles. The number of pyridine rings is 1. The highest BCUT2D eigenvalue weighted by Crippen LogP contribution is 2.53. The van der Waals surface area contributed by atoms with Gasteiger partial charge in [-0.25, -0.2) is 18.1 Å². The first kappa shape index (κ1) is 50.8. The molecule has 10 rings (SSSR count). The number of piperidine rings is 1. The predicted octanol–water partition coefficient (Wildman–Crippen LogP) is 9.67. The molecule has 5 heterocycles. The van der Waals surface area contributed by atoms with E-state index in [1.54, 1.807) is 44.8 Å². The van der Waals surface area contributed by atoms with E-state index in [1.807, 2.05) is 18.2 Å². The number of anilines is 2. The Morgan fingerprint density at radius 2 is 1.70 bits per heavy atom. The van der Waals surface area contributed by atoms with E-state index in [4.69, 9.17) is 18.9 Å². The molecular weight excluding hydrogens is 961 g/mol. The molecule has 1 aliphatic carbocycles. The average molecular weight is 1030 g/mol. The Kier molecular flexibility index (Phi) is 14.8. The van der Waals surface area contributed by atoms with Crippen molar-refractivity contribution < 1.29 is 37.1 Å². The van der Waals surface area contributed by atoms with E-state index in [0.717, 1.165) is 106 Å². The summed E-state index contributed by atoms with van der Waals surface area (Å²) < 4.78 is 52.8. The number of carbonyl (C=O) groups is 1. The number of hydrogen-bond donors (Lipinski definition) is 3. The quantitative estimate of drug-likeness (QED) is 0.0577. The van der Waals surface area contributed by atoms with Crippen molar-refractivity contribution in [1.29, 1.82) is 0 Å². The van der Waals surface area contributed by atoms with E-state index in [-0.39, 0.29) is 34.4 Å². The molecule has 390 valence electrons. The maximum Gasteiger partial charge on any atom is 0.293 e. The fourth-order valence-electron chi connectivity index (χ4n) is 11.6. The topological polar surface area (TPSA) is 194 Å². The summed E-state index contributed by atoms with van der Waals surface area (Å²) >= 11 is 0. The predicted molar refractivity (Wildman–Crippen MR) is 284 cm³/mol. The van der Waals surface area contributed by atoms with Gasteiger partial charge in [0.25, 0.3) is 21.6 Å². The van der Waals surface area contributed by atoms with Gasteiger partial charge in [0.1, 0.15) is 22.8 Å². The van der Waals surface area contributed by atoms with Crippen LogP contribution in [0.1, 0.15) is 91.4 Å². The molecule has 4 aliphatic rings. The van der Waals surface area contributed by atoms with Gasteiger partial charge in [0.2, 0.25) is 0 Å². The van der Waals surface area contributed by atoms with Crippen LogP contribution in [0.3, 0.4) is 0 Å². The molecule has 3 aliphatic heterocycles. The van der Waals surface area contributed by atoms with Crippen molar-refractivity contribution in [2.45, 2.75) is 81.8 Å². The number of hydrogen-bond acceptors (Lipinski definition) is 14. The monoisotopic (exact) mass is 1030 g/mol. The fraction of sp³-hybridized carbons (Fsp3) is 0.429. The van der Waals surface area contributed by atoms with E-state index >= 15 is 0 Å². The van der Waals surface area contributed by atoms with Gasteiger partial charge < -0.3 is 34.1 Å². The zero-order valence-electron chi connectivity index (χ0n) is 42.5. The first-order valence-corrected chi connectivity index (χ1v) is 27.2. The van der Waals surface area contributed by atoms with Crippen LogP contribution in [-0.2, 0) is 21.3 Å². The molecule has 1 amide bonds. The van der Waals surface area contributed by atoms with Crippen molar-refractivity contribution in [2.24, 2.45) is 11.3 Å². The highest BCUT2D eigenvalue weighted by molar-refractivity contribution is 7.90.